The largest absolute Gasteiger partial charge is 0.399 e. The second kappa shape index (κ2) is 4.70. The highest BCUT2D eigenvalue weighted by Gasteiger charge is 2.06. The van der Waals surface area contributed by atoms with Crippen LogP contribution in [0, 0.1) is 0 Å². The Kier molecular flexibility index (Phi) is 4.26. The molecule has 1 heteroatoms. The summed E-state index contributed by atoms with van der Waals surface area (Å²) in [6.45, 7) is 17.5. The molecule has 13 heavy (non-hydrogen) atoms. The quantitative estimate of drug-likeness (QED) is 0.655. The molecule has 0 aromatic heterocycles. The maximum atomic E-state index is 5.63. The van der Waals surface area contributed by atoms with Gasteiger partial charge < -0.3 is 5.73 Å². The van der Waals surface area contributed by atoms with E-state index < -0.39 is 0 Å². The summed E-state index contributed by atoms with van der Waals surface area (Å²) in [6.07, 6.45) is 0.910. The number of nitrogens with two attached hydrogens (primary N) is 1. The Morgan fingerprint density at radius 1 is 1.15 bits per heavy atom. The van der Waals surface area contributed by atoms with E-state index >= 15 is 0 Å². The molecule has 0 spiro atoms. The molecular formula is C12H19N. The predicted molar refractivity (Wildman–Crippen MR) is 60.3 cm³/mol. The lowest BCUT2D eigenvalue weighted by Gasteiger charge is -2.13. The predicted octanol–water partition coefficient (Wildman–Crippen LogP) is 3.32. The van der Waals surface area contributed by atoms with Gasteiger partial charge in [0.05, 0.1) is 0 Å². The third-order valence-corrected chi connectivity index (χ3v) is 2.17. The molecule has 0 aromatic carbocycles. The molecule has 0 bridgehead atoms. The molecule has 0 amide bonds. The molecule has 0 atom stereocenters. The van der Waals surface area contributed by atoms with E-state index in [1.165, 1.54) is 0 Å². The first-order valence-corrected chi connectivity index (χ1v) is 4.41. The Morgan fingerprint density at radius 3 is 1.85 bits per heavy atom. The van der Waals surface area contributed by atoms with Crippen molar-refractivity contribution in [2.24, 2.45) is 5.73 Å². The van der Waals surface area contributed by atoms with Gasteiger partial charge in [-0.1, -0.05) is 32.2 Å². The average Bonchev–Trinajstić information content (AvgIpc) is 2.04. The lowest BCUT2D eigenvalue weighted by atomic mass is 9.94. The Balaban J connectivity index is 5.11. The van der Waals surface area contributed by atoms with Crippen LogP contribution in [0.3, 0.4) is 0 Å². The van der Waals surface area contributed by atoms with Crippen molar-refractivity contribution in [1.29, 1.82) is 0 Å². The summed E-state index contributed by atoms with van der Waals surface area (Å²) in [4.78, 5) is 0. The molecule has 2 N–H and O–H groups in total. The van der Waals surface area contributed by atoms with E-state index in [9.17, 15) is 0 Å². The van der Waals surface area contributed by atoms with Gasteiger partial charge in [0, 0.05) is 5.70 Å². The summed E-state index contributed by atoms with van der Waals surface area (Å²) in [7, 11) is 0. The highest BCUT2D eigenvalue weighted by molar-refractivity contribution is 5.48. The first-order valence-electron chi connectivity index (χ1n) is 4.41. The van der Waals surface area contributed by atoms with Gasteiger partial charge in [-0.15, -0.1) is 0 Å². The fourth-order valence-electron chi connectivity index (χ4n) is 1.16. The Bertz CT molecular complexity index is 279. The number of hydrogen-bond acceptors (Lipinski definition) is 1. The van der Waals surface area contributed by atoms with Gasteiger partial charge in [0.15, 0.2) is 0 Å². The molecule has 0 unspecified atom stereocenters. The first-order chi connectivity index (χ1) is 5.91. The van der Waals surface area contributed by atoms with Crippen LogP contribution in [0.25, 0.3) is 0 Å². The summed E-state index contributed by atoms with van der Waals surface area (Å²) in [6, 6.07) is 0. The van der Waals surface area contributed by atoms with E-state index in [0.717, 1.165) is 28.7 Å². The molecule has 0 rings (SSSR count). The first kappa shape index (κ1) is 11.8. The summed E-state index contributed by atoms with van der Waals surface area (Å²) in [5.41, 5.74) is 10.4. The van der Waals surface area contributed by atoms with E-state index in [-0.39, 0.29) is 0 Å². The molecule has 0 aliphatic rings. The maximum absolute atomic E-state index is 5.63. The topological polar surface area (TPSA) is 26.0 Å². The van der Waals surface area contributed by atoms with Crippen molar-refractivity contribution in [3.05, 3.63) is 47.7 Å². The van der Waals surface area contributed by atoms with Crippen LogP contribution in [0.1, 0.15) is 27.2 Å². The van der Waals surface area contributed by atoms with Crippen molar-refractivity contribution in [2.75, 3.05) is 0 Å². The van der Waals surface area contributed by atoms with Gasteiger partial charge in [0.25, 0.3) is 0 Å². The van der Waals surface area contributed by atoms with E-state index in [1.807, 2.05) is 13.8 Å². The molecule has 0 heterocycles. The molecule has 0 aromatic rings. The Labute approximate surface area is 81.3 Å². The Hall–Kier alpha value is -1.24. The molecule has 0 saturated carbocycles. The highest BCUT2D eigenvalue weighted by atomic mass is 14.6. The summed E-state index contributed by atoms with van der Waals surface area (Å²) in [5, 5.41) is 0. The van der Waals surface area contributed by atoms with Crippen molar-refractivity contribution in [3.8, 4) is 0 Å². The number of allylic oxidation sites excluding steroid dienone is 4. The van der Waals surface area contributed by atoms with Crippen LogP contribution in [0.2, 0.25) is 0 Å². The SMILES string of the molecule is C=C(C)C(=C)/C(CC)=C(\C)C(=C)N. The van der Waals surface area contributed by atoms with E-state index in [2.05, 4.69) is 26.7 Å². The average molecular weight is 177 g/mol. The lowest BCUT2D eigenvalue weighted by Crippen LogP contribution is -2.01. The molecule has 1 nitrogen and oxygen atoms in total. The summed E-state index contributed by atoms with van der Waals surface area (Å²) >= 11 is 0. The van der Waals surface area contributed by atoms with Gasteiger partial charge in [0.1, 0.15) is 0 Å². The van der Waals surface area contributed by atoms with Gasteiger partial charge in [-0.3, -0.25) is 0 Å². The highest BCUT2D eigenvalue weighted by Crippen LogP contribution is 2.23. The van der Waals surface area contributed by atoms with Crippen molar-refractivity contribution in [1.82, 2.24) is 0 Å². The van der Waals surface area contributed by atoms with Crippen molar-refractivity contribution < 1.29 is 0 Å². The smallest absolute Gasteiger partial charge is 0.0273 e. The number of rotatable bonds is 4. The zero-order chi connectivity index (χ0) is 10.6. The zero-order valence-electron chi connectivity index (χ0n) is 8.91. The number of hydrogen-bond donors (Lipinski definition) is 1. The molecule has 0 aliphatic carbocycles. The van der Waals surface area contributed by atoms with Crippen LogP contribution in [0.15, 0.2) is 47.7 Å². The van der Waals surface area contributed by atoms with Crippen LogP contribution < -0.4 is 5.73 Å². The molecule has 72 valence electrons. The van der Waals surface area contributed by atoms with Crippen LogP contribution in [-0.2, 0) is 0 Å². The zero-order valence-corrected chi connectivity index (χ0v) is 8.91. The van der Waals surface area contributed by atoms with E-state index in [0.29, 0.717) is 5.70 Å². The monoisotopic (exact) mass is 177 g/mol. The fraction of sp³-hybridized carbons (Fsp3) is 0.333. The standard InChI is InChI=1S/C12H19N/c1-7-12(9(4)8(2)3)10(5)11(6)13/h2,4,6-7,13H2,1,3,5H3/b12-10+. The maximum Gasteiger partial charge on any atom is 0.0273 e. The third kappa shape index (κ3) is 2.94. The van der Waals surface area contributed by atoms with Gasteiger partial charge in [0.2, 0.25) is 0 Å². The molecular weight excluding hydrogens is 158 g/mol. The van der Waals surface area contributed by atoms with Crippen LogP contribution in [0.5, 0.6) is 0 Å². The van der Waals surface area contributed by atoms with Crippen LogP contribution in [0.4, 0.5) is 0 Å². The minimum atomic E-state index is 0.610. The Morgan fingerprint density at radius 2 is 1.62 bits per heavy atom. The van der Waals surface area contributed by atoms with Gasteiger partial charge in [-0.05, 0) is 37.0 Å². The van der Waals surface area contributed by atoms with Crippen molar-refractivity contribution in [2.45, 2.75) is 27.2 Å². The van der Waals surface area contributed by atoms with E-state index in [1.54, 1.807) is 0 Å². The van der Waals surface area contributed by atoms with Gasteiger partial charge >= 0.3 is 0 Å². The minimum Gasteiger partial charge on any atom is -0.399 e. The minimum absolute atomic E-state index is 0.610. The molecule has 0 fully saturated rings. The van der Waals surface area contributed by atoms with Gasteiger partial charge in [-0.2, -0.15) is 0 Å². The van der Waals surface area contributed by atoms with Crippen LogP contribution >= 0.6 is 0 Å². The summed E-state index contributed by atoms with van der Waals surface area (Å²) in [5.74, 6) is 0. The second-order valence-electron chi connectivity index (χ2n) is 3.24. The fourth-order valence-corrected chi connectivity index (χ4v) is 1.16. The normalized spacial score (nSPS) is 11.9. The van der Waals surface area contributed by atoms with Crippen molar-refractivity contribution in [3.63, 3.8) is 0 Å². The van der Waals surface area contributed by atoms with Gasteiger partial charge in [-0.25, -0.2) is 0 Å². The summed E-state index contributed by atoms with van der Waals surface area (Å²) < 4.78 is 0. The molecule has 0 radical (unpaired) electrons. The molecule has 0 saturated heterocycles. The lowest BCUT2D eigenvalue weighted by molar-refractivity contribution is 1.07. The van der Waals surface area contributed by atoms with Crippen molar-refractivity contribution >= 4 is 0 Å². The molecule has 0 aliphatic heterocycles. The van der Waals surface area contributed by atoms with E-state index in [4.69, 9.17) is 5.73 Å². The second-order valence-corrected chi connectivity index (χ2v) is 3.24. The third-order valence-electron chi connectivity index (χ3n) is 2.17. The van der Waals surface area contributed by atoms with Crippen LogP contribution in [-0.4, -0.2) is 0 Å².